The van der Waals surface area contributed by atoms with Crippen LogP contribution < -0.4 is 4.90 Å². The van der Waals surface area contributed by atoms with Crippen molar-refractivity contribution in [3.8, 4) is 0 Å². The van der Waals surface area contributed by atoms with Crippen LogP contribution in [0, 0.1) is 0 Å². The van der Waals surface area contributed by atoms with Gasteiger partial charge in [-0.15, -0.1) is 0 Å². The molecule has 4 nitrogen and oxygen atoms in total. The van der Waals surface area contributed by atoms with Gasteiger partial charge in [0.15, 0.2) is 5.78 Å². The van der Waals surface area contributed by atoms with Gasteiger partial charge >= 0.3 is 0 Å². The third kappa shape index (κ3) is 1.61. The number of Topliss-reactive ketones (excluding diaryl/α,β-unsaturated/α-hetero) is 1. The normalized spacial score (nSPS) is 16.5. The Hall–Kier alpha value is -1.42. The third-order valence-corrected chi connectivity index (χ3v) is 2.19. The second-order valence-corrected chi connectivity index (χ2v) is 3.49. The minimum absolute atomic E-state index is 0.0213. The van der Waals surface area contributed by atoms with Gasteiger partial charge in [-0.05, 0) is 6.07 Å². The van der Waals surface area contributed by atoms with Crippen molar-refractivity contribution >= 4 is 29.0 Å². The maximum absolute atomic E-state index is 11.3. The average Bonchev–Trinajstić information content (AvgIpc) is 2.45. The highest BCUT2D eigenvalue weighted by molar-refractivity contribution is 6.30. The fourth-order valence-corrected chi connectivity index (χ4v) is 1.54. The molecule has 14 heavy (non-hydrogen) atoms. The Balaban J connectivity index is 2.31. The standard InChI is InChI=1S/C9H7ClN2O2/c10-6-1-7(4-11-3-6)12-5-8(13)2-9(12)14/h1,3-4H,2,5H2. The first-order chi connectivity index (χ1) is 6.66. The molecule has 0 atom stereocenters. The first-order valence-electron chi connectivity index (χ1n) is 4.09. The van der Waals surface area contributed by atoms with Crippen LogP contribution in [0.15, 0.2) is 18.5 Å². The Bertz CT molecular complexity index is 406. The highest BCUT2D eigenvalue weighted by Gasteiger charge is 2.28. The maximum atomic E-state index is 11.3. The number of halogens is 1. The fourth-order valence-electron chi connectivity index (χ4n) is 1.37. The van der Waals surface area contributed by atoms with Gasteiger partial charge < -0.3 is 4.90 Å². The summed E-state index contributed by atoms with van der Waals surface area (Å²) in [7, 11) is 0. The van der Waals surface area contributed by atoms with E-state index in [0.717, 1.165) is 0 Å². The number of anilines is 1. The number of ketones is 1. The smallest absolute Gasteiger partial charge is 0.234 e. The summed E-state index contributed by atoms with van der Waals surface area (Å²) in [6.07, 6.45) is 2.97. The molecule has 72 valence electrons. The Kier molecular flexibility index (Phi) is 2.21. The largest absolute Gasteiger partial charge is 0.303 e. The predicted octanol–water partition coefficient (Wildman–Crippen LogP) is 1.04. The summed E-state index contributed by atoms with van der Waals surface area (Å²) in [6.45, 7) is 0.126. The molecule has 0 bridgehead atoms. The molecule has 1 fully saturated rings. The monoisotopic (exact) mass is 210 g/mol. The highest BCUT2D eigenvalue weighted by atomic mass is 35.5. The SMILES string of the molecule is O=C1CC(=O)N(c2cncc(Cl)c2)C1. The minimum Gasteiger partial charge on any atom is -0.303 e. The Morgan fingerprint density at radius 2 is 2.14 bits per heavy atom. The first-order valence-corrected chi connectivity index (χ1v) is 4.47. The Labute approximate surface area is 85.5 Å². The van der Waals surface area contributed by atoms with Crippen molar-refractivity contribution in [1.29, 1.82) is 0 Å². The lowest BCUT2D eigenvalue weighted by molar-refractivity contribution is -0.121. The number of nitrogens with zero attached hydrogens (tertiary/aromatic N) is 2. The number of carbonyl (C=O) groups excluding carboxylic acids is 2. The molecule has 0 saturated carbocycles. The van der Waals surface area contributed by atoms with Crippen molar-refractivity contribution in [2.45, 2.75) is 6.42 Å². The van der Waals surface area contributed by atoms with E-state index in [1.165, 1.54) is 17.3 Å². The second-order valence-electron chi connectivity index (χ2n) is 3.06. The molecule has 5 heteroatoms. The number of hydrogen-bond donors (Lipinski definition) is 0. The maximum Gasteiger partial charge on any atom is 0.234 e. The topological polar surface area (TPSA) is 50.3 Å². The van der Waals surface area contributed by atoms with Crippen LogP contribution in [0.3, 0.4) is 0 Å². The van der Waals surface area contributed by atoms with E-state index in [9.17, 15) is 9.59 Å². The van der Waals surface area contributed by atoms with E-state index in [0.29, 0.717) is 10.7 Å². The predicted molar refractivity (Wildman–Crippen MR) is 51.2 cm³/mol. The van der Waals surface area contributed by atoms with Crippen LogP contribution in [0.5, 0.6) is 0 Å². The van der Waals surface area contributed by atoms with Crippen molar-refractivity contribution in [2.75, 3.05) is 11.4 Å². The Morgan fingerprint density at radius 3 is 2.71 bits per heavy atom. The molecule has 0 unspecified atom stereocenters. The molecule has 0 aromatic carbocycles. The van der Waals surface area contributed by atoms with E-state index < -0.39 is 0 Å². The molecular weight excluding hydrogens is 204 g/mol. The van der Waals surface area contributed by atoms with E-state index in [4.69, 9.17) is 11.6 Å². The molecule has 1 amide bonds. The molecular formula is C9H7ClN2O2. The lowest BCUT2D eigenvalue weighted by Gasteiger charge is -2.13. The van der Waals surface area contributed by atoms with E-state index in [-0.39, 0.29) is 24.7 Å². The van der Waals surface area contributed by atoms with Crippen molar-refractivity contribution in [3.63, 3.8) is 0 Å². The summed E-state index contributed by atoms with van der Waals surface area (Å²) in [4.78, 5) is 27.6. The van der Waals surface area contributed by atoms with Crippen molar-refractivity contribution in [1.82, 2.24) is 4.98 Å². The number of pyridine rings is 1. The van der Waals surface area contributed by atoms with Crippen LogP contribution in [0.25, 0.3) is 0 Å². The van der Waals surface area contributed by atoms with Crippen LogP contribution >= 0.6 is 11.6 Å². The molecule has 1 aromatic heterocycles. The zero-order valence-electron chi connectivity index (χ0n) is 7.24. The van der Waals surface area contributed by atoms with Crippen LogP contribution in [-0.2, 0) is 9.59 Å². The Morgan fingerprint density at radius 1 is 1.36 bits per heavy atom. The van der Waals surface area contributed by atoms with E-state index >= 15 is 0 Å². The molecule has 0 radical (unpaired) electrons. The van der Waals surface area contributed by atoms with Crippen molar-refractivity contribution in [2.24, 2.45) is 0 Å². The van der Waals surface area contributed by atoms with Gasteiger partial charge in [0.1, 0.15) is 0 Å². The van der Waals surface area contributed by atoms with Crippen LogP contribution in [0.1, 0.15) is 6.42 Å². The lowest BCUT2D eigenvalue weighted by Crippen LogP contribution is -2.24. The van der Waals surface area contributed by atoms with Gasteiger partial charge in [-0.2, -0.15) is 0 Å². The quantitative estimate of drug-likeness (QED) is 0.651. The molecule has 1 aliphatic rings. The summed E-state index contributed by atoms with van der Waals surface area (Å²) >= 11 is 5.72. The number of hydrogen-bond acceptors (Lipinski definition) is 3. The summed E-state index contributed by atoms with van der Waals surface area (Å²) in [5, 5.41) is 0.453. The van der Waals surface area contributed by atoms with E-state index in [1.807, 2.05) is 0 Å². The van der Waals surface area contributed by atoms with Crippen LogP contribution in [0.2, 0.25) is 5.02 Å². The molecule has 1 saturated heterocycles. The average molecular weight is 211 g/mol. The summed E-state index contributed by atoms with van der Waals surface area (Å²) in [6, 6.07) is 1.62. The number of carbonyl (C=O) groups is 2. The van der Waals surface area contributed by atoms with E-state index in [1.54, 1.807) is 6.07 Å². The third-order valence-electron chi connectivity index (χ3n) is 1.99. The van der Waals surface area contributed by atoms with Crippen LogP contribution in [0.4, 0.5) is 5.69 Å². The van der Waals surface area contributed by atoms with Gasteiger partial charge in [0, 0.05) is 6.20 Å². The number of aromatic nitrogens is 1. The fraction of sp³-hybridized carbons (Fsp3) is 0.222. The first kappa shape index (κ1) is 9.15. The molecule has 1 aromatic rings. The zero-order chi connectivity index (χ0) is 10.1. The number of rotatable bonds is 1. The molecule has 2 rings (SSSR count). The van der Waals surface area contributed by atoms with Gasteiger partial charge in [-0.25, -0.2) is 0 Å². The van der Waals surface area contributed by atoms with Gasteiger partial charge in [0.2, 0.25) is 5.91 Å². The lowest BCUT2D eigenvalue weighted by atomic mass is 10.3. The molecule has 2 heterocycles. The minimum atomic E-state index is -0.195. The molecule has 0 aliphatic carbocycles. The second kappa shape index (κ2) is 3.38. The van der Waals surface area contributed by atoms with Gasteiger partial charge in [0.25, 0.3) is 0 Å². The van der Waals surface area contributed by atoms with Gasteiger partial charge in [0.05, 0.1) is 29.9 Å². The highest BCUT2D eigenvalue weighted by Crippen LogP contribution is 2.21. The van der Waals surface area contributed by atoms with Crippen LogP contribution in [-0.4, -0.2) is 23.2 Å². The summed E-state index contributed by atoms with van der Waals surface area (Å²) in [5.74, 6) is -0.269. The number of amides is 1. The molecule has 0 N–H and O–H groups in total. The van der Waals surface area contributed by atoms with Gasteiger partial charge in [-0.3, -0.25) is 14.6 Å². The zero-order valence-corrected chi connectivity index (χ0v) is 7.99. The summed E-state index contributed by atoms with van der Waals surface area (Å²) < 4.78 is 0. The van der Waals surface area contributed by atoms with Crippen molar-refractivity contribution in [3.05, 3.63) is 23.5 Å². The molecule has 0 spiro atoms. The van der Waals surface area contributed by atoms with E-state index in [2.05, 4.69) is 4.98 Å². The van der Waals surface area contributed by atoms with Crippen molar-refractivity contribution < 1.29 is 9.59 Å². The summed E-state index contributed by atoms with van der Waals surface area (Å²) in [5.41, 5.74) is 0.577. The van der Waals surface area contributed by atoms with Gasteiger partial charge in [-0.1, -0.05) is 11.6 Å². The molecule has 1 aliphatic heterocycles.